The first kappa shape index (κ1) is 25.5. The second-order valence-corrected chi connectivity index (χ2v) is 10.6. The number of allylic oxidation sites excluding steroid dienone is 2. The first-order chi connectivity index (χ1) is 15.4. The fraction of sp³-hybridized carbons (Fsp3) is 0.731. The van der Waals surface area contributed by atoms with Crippen LogP contribution in [0.2, 0.25) is 0 Å². The molecule has 1 unspecified atom stereocenters. The molecular weight excluding hydrogens is 424 g/mol. The van der Waals surface area contributed by atoms with Crippen molar-refractivity contribution in [2.75, 3.05) is 13.2 Å². The highest BCUT2D eigenvalue weighted by Gasteiger charge is 2.71. The maximum atomic E-state index is 11.9. The molecule has 0 aromatic heterocycles. The topological polar surface area (TPSA) is 99.1 Å². The Hall–Kier alpha value is -2.15. The quantitative estimate of drug-likeness (QED) is 0.334. The normalized spacial score (nSPS) is 37.0. The number of rotatable bonds is 8. The molecule has 0 aliphatic heterocycles. The van der Waals surface area contributed by atoms with Crippen molar-refractivity contribution in [3.63, 3.8) is 0 Å². The number of hydrogen-bond acceptors (Lipinski definition) is 7. The van der Waals surface area contributed by atoms with Gasteiger partial charge in [-0.25, -0.2) is 0 Å². The van der Waals surface area contributed by atoms with E-state index < -0.39 is 11.6 Å². The molecular formula is C26H38O7. The Morgan fingerprint density at radius 3 is 2.36 bits per heavy atom. The second kappa shape index (κ2) is 9.61. The van der Waals surface area contributed by atoms with Crippen LogP contribution in [0.3, 0.4) is 0 Å². The largest absolute Gasteiger partial charge is 0.462 e. The molecule has 33 heavy (non-hydrogen) atoms. The first-order valence-corrected chi connectivity index (χ1v) is 11.9. The van der Waals surface area contributed by atoms with Gasteiger partial charge in [0.2, 0.25) is 0 Å². The van der Waals surface area contributed by atoms with Crippen molar-refractivity contribution < 1.29 is 33.7 Å². The molecule has 8 atom stereocenters. The van der Waals surface area contributed by atoms with Gasteiger partial charge in [0.05, 0.1) is 0 Å². The number of hydrogen-bond donors (Lipinski definition) is 1. The summed E-state index contributed by atoms with van der Waals surface area (Å²) in [6.07, 6.45) is 8.07. The Morgan fingerprint density at radius 2 is 1.76 bits per heavy atom. The van der Waals surface area contributed by atoms with E-state index >= 15 is 0 Å². The monoisotopic (exact) mass is 462 g/mol. The molecule has 7 nitrogen and oxygen atoms in total. The summed E-state index contributed by atoms with van der Waals surface area (Å²) < 4.78 is 16.2. The Labute approximate surface area is 196 Å². The maximum Gasteiger partial charge on any atom is 0.302 e. The van der Waals surface area contributed by atoms with Gasteiger partial charge >= 0.3 is 17.9 Å². The Balaban J connectivity index is 1.88. The Bertz CT molecular complexity index is 842. The van der Waals surface area contributed by atoms with Crippen molar-refractivity contribution in [1.82, 2.24) is 0 Å². The lowest BCUT2D eigenvalue weighted by molar-refractivity contribution is -0.177. The minimum Gasteiger partial charge on any atom is -0.462 e. The predicted molar refractivity (Wildman–Crippen MR) is 122 cm³/mol. The number of aliphatic hydroxyl groups is 1. The molecule has 3 fully saturated rings. The van der Waals surface area contributed by atoms with Crippen molar-refractivity contribution >= 4 is 17.9 Å². The molecule has 0 amide bonds. The SMILES string of the molecule is CC(=O)OC/C(=C\C=C\C(C)(O)COC(C)=O)[C@@H]1C[C@@H](OC(C)=O)[C@@]2(C)[C@@H]1[C@@H]1[C@H](C)CC[C@@H]12. The molecule has 0 heterocycles. The summed E-state index contributed by atoms with van der Waals surface area (Å²) in [5, 5.41) is 10.5. The van der Waals surface area contributed by atoms with Crippen LogP contribution in [0.25, 0.3) is 0 Å². The average molecular weight is 463 g/mol. The lowest BCUT2D eigenvalue weighted by Gasteiger charge is -2.58. The van der Waals surface area contributed by atoms with Crippen LogP contribution in [0.5, 0.6) is 0 Å². The van der Waals surface area contributed by atoms with Gasteiger partial charge in [-0.2, -0.15) is 0 Å². The van der Waals surface area contributed by atoms with Crippen LogP contribution in [0.4, 0.5) is 0 Å². The summed E-state index contributed by atoms with van der Waals surface area (Å²) in [6.45, 7) is 10.3. The van der Waals surface area contributed by atoms with Gasteiger partial charge < -0.3 is 19.3 Å². The maximum absolute atomic E-state index is 11.9. The fourth-order valence-electron chi connectivity index (χ4n) is 6.78. The van der Waals surface area contributed by atoms with Crippen LogP contribution in [-0.4, -0.2) is 47.9 Å². The van der Waals surface area contributed by atoms with Gasteiger partial charge in [-0.1, -0.05) is 38.5 Å². The standard InChI is InChI=1S/C26H38O7/c1-15-9-10-21-23(15)24-20(12-22(26(21,24)6)33-18(4)29)19(13-31-16(2)27)8-7-11-25(5,30)14-32-17(3)28/h7-8,11,15,20-24,30H,9-10,12-14H2,1-6H3/b11-7+,19-8+/t15-,20+,21+,22-,23-,24+,25?,26+/m1/s1. The van der Waals surface area contributed by atoms with Gasteiger partial charge in [0.1, 0.15) is 24.9 Å². The van der Waals surface area contributed by atoms with Crippen LogP contribution in [0.15, 0.2) is 23.8 Å². The third kappa shape index (κ3) is 5.18. The van der Waals surface area contributed by atoms with E-state index in [-0.39, 0.29) is 42.6 Å². The van der Waals surface area contributed by atoms with Crippen molar-refractivity contribution in [2.24, 2.45) is 35.0 Å². The molecule has 3 aliphatic rings. The van der Waals surface area contributed by atoms with Crippen LogP contribution < -0.4 is 0 Å². The average Bonchev–Trinajstić information content (AvgIpc) is 3.14. The fourth-order valence-corrected chi connectivity index (χ4v) is 6.78. The number of fused-ring (bicyclic) bond motifs is 4. The third-order valence-corrected chi connectivity index (χ3v) is 8.14. The van der Waals surface area contributed by atoms with Gasteiger partial charge in [0, 0.05) is 26.2 Å². The van der Waals surface area contributed by atoms with Gasteiger partial charge in [0.25, 0.3) is 0 Å². The molecule has 3 saturated carbocycles. The summed E-state index contributed by atoms with van der Waals surface area (Å²) in [7, 11) is 0. The highest BCUT2D eigenvalue weighted by Crippen LogP contribution is 2.73. The van der Waals surface area contributed by atoms with Crippen LogP contribution in [0, 0.1) is 35.0 Å². The molecule has 0 spiro atoms. The number of carbonyl (C=O) groups excluding carboxylic acids is 3. The van der Waals surface area contributed by atoms with Gasteiger partial charge in [0.15, 0.2) is 0 Å². The molecule has 1 N–H and O–H groups in total. The minimum absolute atomic E-state index is 0.0778. The Morgan fingerprint density at radius 1 is 1.09 bits per heavy atom. The van der Waals surface area contributed by atoms with Gasteiger partial charge in [-0.3, -0.25) is 14.4 Å². The molecule has 3 rings (SSSR count). The van der Waals surface area contributed by atoms with Gasteiger partial charge in [-0.05, 0) is 54.9 Å². The second-order valence-electron chi connectivity index (χ2n) is 10.6. The first-order valence-electron chi connectivity index (χ1n) is 11.9. The summed E-state index contributed by atoms with van der Waals surface area (Å²) in [5.41, 5.74) is -0.445. The summed E-state index contributed by atoms with van der Waals surface area (Å²) in [4.78, 5) is 34.5. The third-order valence-electron chi connectivity index (χ3n) is 8.14. The Kier molecular flexibility index (Phi) is 7.42. The van der Waals surface area contributed by atoms with Crippen molar-refractivity contribution in [2.45, 2.75) is 72.5 Å². The van der Waals surface area contributed by atoms with E-state index in [9.17, 15) is 19.5 Å². The molecule has 7 heteroatoms. The zero-order valence-electron chi connectivity index (χ0n) is 20.6. The van der Waals surface area contributed by atoms with Crippen LogP contribution >= 0.6 is 0 Å². The lowest BCUT2D eigenvalue weighted by Crippen LogP contribution is -2.57. The molecule has 0 saturated heterocycles. The van der Waals surface area contributed by atoms with E-state index in [2.05, 4.69) is 13.8 Å². The van der Waals surface area contributed by atoms with E-state index in [1.165, 1.54) is 27.2 Å². The van der Waals surface area contributed by atoms with E-state index in [0.717, 1.165) is 12.0 Å². The molecule has 184 valence electrons. The molecule has 0 bridgehead atoms. The number of carbonyl (C=O) groups is 3. The van der Waals surface area contributed by atoms with Crippen molar-refractivity contribution in [1.29, 1.82) is 0 Å². The highest BCUT2D eigenvalue weighted by molar-refractivity contribution is 5.67. The lowest BCUT2D eigenvalue weighted by atomic mass is 9.46. The molecule has 0 aromatic rings. The molecule has 0 aromatic carbocycles. The van der Waals surface area contributed by atoms with E-state index in [4.69, 9.17) is 14.2 Å². The zero-order valence-corrected chi connectivity index (χ0v) is 20.6. The van der Waals surface area contributed by atoms with E-state index in [0.29, 0.717) is 30.1 Å². The van der Waals surface area contributed by atoms with E-state index in [1.807, 2.05) is 6.08 Å². The van der Waals surface area contributed by atoms with Crippen molar-refractivity contribution in [3.05, 3.63) is 23.8 Å². The van der Waals surface area contributed by atoms with Crippen LogP contribution in [-0.2, 0) is 28.6 Å². The zero-order chi connectivity index (χ0) is 24.6. The summed E-state index contributed by atoms with van der Waals surface area (Å²) >= 11 is 0. The highest BCUT2D eigenvalue weighted by atomic mass is 16.5. The summed E-state index contributed by atoms with van der Waals surface area (Å²) in [6, 6.07) is 0. The van der Waals surface area contributed by atoms with Crippen molar-refractivity contribution in [3.8, 4) is 0 Å². The minimum atomic E-state index is -1.32. The predicted octanol–water partition coefficient (Wildman–Crippen LogP) is 3.60. The number of esters is 3. The molecule has 0 radical (unpaired) electrons. The smallest absolute Gasteiger partial charge is 0.302 e. The molecule has 3 aliphatic carbocycles. The number of ether oxygens (including phenoxy) is 3. The van der Waals surface area contributed by atoms with Gasteiger partial charge in [-0.15, -0.1) is 0 Å². The summed E-state index contributed by atoms with van der Waals surface area (Å²) in [5.74, 6) is 1.11. The van der Waals surface area contributed by atoms with E-state index in [1.54, 1.807) is 19.1 Å². The van der Waals surface area contributed by atoms with Crippen LogP contribution in [0.1, 0.15) is 60.8 Å².